The van der Waals surface area contributed by atoms with Crippen LogP contribution in [-0.2, 0) is 30.3 Å². The monoisotopic (exact) mass is 644 g/mol. The van der Waals surface area contributed by atoms with Gasteiger partial charge in [0.05, 0.1) is 5.41 Å². The van der Waals surface area contributed by atoms with Crippen LogP contribution in [-0.4, -0.2) is 11.9 Å². The van der Waals surface area contributed by atoms with Crippen LogP contribution in [0, 0.1) is 17.3 Å². The van der Waals surface area contributed by atoms with Crippen LogP contribution in [0.15, 0.2) is 109 Å². The largest absolute Gasteiger partial charge is 0.448 e. The third-order valence-electron chi connectivity index (χ3n) is 11.2. The van der Waals surface area contributed by atoms with E-state index in [1.807, 2.05) is 26.8 Å². The van der Waals surface area contributed by atoms with Crippen molar-refractivity contribution in [1.29, 1.82) is 0 Å². The summed E-state index contributed by atoms with van der Waals surface area (Å²) in [4.78, 5) is 26.7. The molecule has 0 amide bonds. The summed E-state index contributed by atoms with van der Waals surface area (Å²) in [5.74, 6) is -0.0319. The van der Waals surface area contributed by atoms with Crippen LogP contribution in [0.1, 0.15) is 75.6 Å². The molecule has 9 rings (SSSR count). The maximum atomic E-state index is 13.6. The van der Waals surface area contributed by atoms with E-state index in [4.69, 9.17) is 9.47 Å². The number of rotatable bonds is 6. The average molecular weight is 645 g/mol. The molecule has 0 aliphatic heterocycles. The highest BCUT2D eigenvalue weighted by atomic mass is 16.6. The minimum Gasteiger partial charge on any atom is -0.448 e. The number of carbonyl (C=O) groups excluding carboxylic acids is 2. The van der Waals surface area contributed by atoms with Gasteiger partial charge in [-0.05, 0) is 104 Å². The summed E-state index contributed by atoms with van der Waals surface area (Å²) in [5.41, 5.74) is 9.28. The van der Waals surface area contributed by atoms with Gasteiger partial charge in [-0.2, -0.15) is 0 Å². The maximum Gasteiger partial charge on any atom is 0.334 e. The van der Waals surface area contributed by atoms with E-state index in [-0.39, 0.29) is 23.8 Å². The predicted octanol–water partition coefficient (Wildman–Crippen LogP) is 10.5. The molecule has 0 N–H and O–H groups in total. The number of fused-ring (bicyclic) bond motifs is 8. The second-order valence-corrected chi connectivity index (χ2v) is 15.6. The molecule has 2 fully saturated rings. The average Bonchev–Trinajstić information content (AvgIpc) is 4.04. The van der Waals surface area contributed by atoms with Crippen LogP contribution in [0.2, 0.25) is 0 Å². The molecule has 5 aromatic carbocycles. The molecule has 2 unspecified atom stereocenters. The van der Waals surface area contributed by atoms with Gasteiger partial charge in [0, 0.05) is 39.7 Å². The number of carbonyl (C=O) groups is 2. The SMILES string of the molecule is C=C(C)C(=O)OC1(C2CC2)c2ccccc2-c2cc(-c3cccc4c5c(ccc34)C(OC(=O)C(C)(C)C)(C3CC3)c3ccccc3-5)ccc21. The molecular weight excluding hydrogens is 604 g/mol. The fourth-order valence-electron chi connectivity index (χ4n) is 8.60. The van der Waals surface area contributed by atoms with Crippen molar-refractivity contribution in [2.24, 2.45) is 17.3 Å². The Kier molecular flexibility index (Phi) is 6.32. The first-order valence-corrected chi connectivity index (χ1v) is 17.6. The Hall–Kier alpha value is -4.96. The van der Waals surface area contributed by atoms with E-state index in [0.29, 0.717) is 5.57 Å². The molecule has 2 atom stereocenters. The fourth-order valence-corrected chi connectivity index (χ4v) is 8.60. The molecule has 0 spiro atoms. The fraction of sp³-hybridized carbons (Fsp3) is 0.289. The van der Waals surface area contributed by atoms with E-state index in [2.05, 4.69) is 97.6 Å². The Labute approximate surface area is 287 Å². The molecule has 4 aliphatic carbocycles. The molecule has 49 heavy (non-hydrogen) atoms. The number of hydrogen-bond donors (Lipinski definition) is 0. The van der Waals surface area contributed by atoms with E-state index in [9.17, 15) is 9.59 Å². The summed E-state index contributed by atoms with van der Waals surface area (Å²) in [6.45, 7) is 11.4. The molecule has 0 radical (unpaired) electrons. The van der Waals surface area contributed by atoms with Gasteiger partial charge < -0.3 is 9.47 Å². The smallest absolute Gasteiger partial charge is 0.334 e. The summed E-state index contributed by atoms with van der Waals surface area (Å²) >= 11 is 0. The van der Waals surface area contributed by atoms with Crippen molar-refractivity contribution in [2.45, 2.75) is 64.6 Å². The van der Waals surface area contributed by atoms with Crippen LogP contribution >= 0.6 is 0 Å². The minimum atomic E-state index is -0.805. The molecule has 2 saturated carbocycles. The van der Waals surface area contributed by atoms with Gasteiger partial charge in [0.25, 0.3) is 0 Å². The van der Waals surface area contributed by atoms with Crippen LogP contribution in [0.25, 0.3) is 44.2 Å². The predicted molar refractivity (Wildman–Crippen MR) is 194 cm³/mol. The third-order valence-corrected chi connectivity index (χ3v) is 11.2. The van der Waals surface area contributed by atoms with E-state index in [1.165, 1.54) is 0 Å². The lowest BCUT2D eigenvalue weighted by atomic mass is 9.84. The number of ether oxygens (including phenoxy) is 2. The first kappa shape index (κ1) is 30.1. The normalized spacial score (nSPS) is 21.8. The van der Waals surface area contributed by atoms with E-state index >= 15 is 0 Å². The highest BCUT2D eigenvalue weighted by Crippen LogP contribution is 2.63. The zero-order chi connectivity index (χ0) is 33.9. The molecule has 4 aliphatic rings. The van der Waals surface area contributed by atoms with Crippen molar-refractivity contribution in [3.63, 3.8) is 0 Å². The first-order valence-electron chi connectivity index (χ1n) is 17.6. The van der Waals surface area contributed by atoms with Gasteiger partial charge in [0.2, 0.25) is 0 Å². The van der Waals surface area contributed by atoms with E-state index in [1.54, 1.807) is 6.92 Å². The maximum absolute atomic E-state index is 13.6. The number of esters is 2. The van der Waals surface area contributed by atoms with Gasteiger partial charge in [0.15, 0.2) is 11.2 Å². The quantitative estimate of drug-likeness (QED) is 0.136. The summed E-state index contributed by atoms with van der Waals surface area (Å²) in [6.07, 6.45) is 4.10. The number of benzene rings is 5. The molecular formula is C45H40O4. The Morgan fingerprint density at radius 1 is 0.633 bits per heavy atom. The summed E-state index contributed by atoms with van der Waals surface area (Å²) in [6, 6.07) is 34.5. The Balaban J connectivity index is 1.23. The Morgan fingerprint density at radius 3 is 1.86 bits per heavy atom. The van der Waals surface area contributed by atoms with E-state index < -0.39 is 16.6 Å². The van der Waals surface area contributed by atoms with Gasteiger partial charge in [-0.1, -0.05) is 97.6 Å². The lowest BCUT2D eigenvalue weighted by Crippen LogP contribution is -2.38. The van der Waals surface area contributed by atoms with Gasteiger partial charge in [-0.25, -0.2) is 4.79 Å². The zero-order valence-corrected chi connectivity index (χ0v) is 28.6. The summed E-state index contributed by atoms with van der Waals surface area (Å²) in [7, 11) is 0. The van der Waals surface area contributed by atoms with E-state index in [0.717, 1.165) is 92.1 Å². The third kappa shape index (κ3) is 4.22. The highest BCUT2D eigenvalue weighted by molar-refractivity contribution is 6.08. The highest BCUT2D eigenvalue weighted by Gasteiger charge is 2.58. The summed E-state index contributed by atoms with van der Waals surface area (Å²) in [5, 5.41) is 2.30. The molecule has 244 valence electrons. The van der Waals surface area contributed by atoms with Gasteiger partial charge >= 0.3 is 11.9 Å². The topological polar surface area (TPSA) is 52.6 Å². The summed E-state index contributed by atoms with van der Waals surface area (Å²) < 4.78 is 13.1. The molecule has 0 aromatic heterocycles. The lowest BCUT2D eigenvalue weighted by Gasteiger charge is -2.34. The van der Waals surface area contributed by atoms with Gasteiger partial charge in [-0.15, -0.1) is 0 Å². The molecule has 0 saturated heterocycles. The van der Waals surface area contributed by atoms with Gasteiger partial charge in [-0.3, -0.25) is 4.79 Å². The molecule has 4 nitrogen and oxygen atoms in total. The Bertz CT molecular complexity index is 2260. The van der Waals surface area contributed by atoms with Crippen molar-refractivity contribution in [2.75, 3.05) is 0 Å². The van der Waals surface area contributed by atoms with Crippen molar-refractivity contribution in [3.8, 4) is 33.4 Å². The van der Waals surface area contributed by atoms with Crippen molar-refractivity contribution < 1.29 is 19.1 Å². The van der Waals surface area contributed by atoms with Crippen molar-refractivity contribution >= 4 is 22.7 Å². The van der Waals surface area contributed by atoms with Crippen LogP contribution in [0.3, 0.4) is 0 Å². The van der Waals surface area contributed by atoms with Crippen LogP contribution in [0.5, 0.6) is 0 Å². The van der Waals surface area contributed by atoms with Gasteiger partial charge in [0.1, 0.15) is 0 Å². The Morgan fingerprint density at radius 2 is 1.20 bits per heavy atom. The van der Waals surface area contributed by atoms with Crippen LogP contribution in [0.4, 0.5) is 0 Å². The molecule has 0 heterocycles. The zero-order valence-electron chi connectivity index (χ0n) is 28.6. The molecule has 4 heteroatoms. The minimum absolute atomic E-state index is 0.175. The van der Waals surface area contributed by atoms with Crippen molar-refractivity contribution in [1.82, 2.24) is 0 Å². The van der Waals surface area contributed by atoms with Crippen molar-refractivity contribution in [3.05, 3.63) is 131 Å². The molecule has 0 bridgehead atoms. The second kappa shape index (κ2) is 10.3. The number of hydrogen-bond acceptors (Lipinski definition) is 4. The molecule has 5 aromatic rings. The second-order valence-electron chi connectivity index (χ2n) is 15.6. The van der Waals surface area contributed by atoms with Crippen LogP contribution < -0.4 is 0 Å². The standard InChI is InChI=1S/C45H40O4/c1-26(2)41(46)48-44(28-18-19-28)36-15-8-6-11-32(36)35-25-27(17-23-38(35)44)30-13-10-14-33-31(30)22-24-39-40(33)34-12-7-9-16-37(34)45(39,29-20-21-29)49-42(47)43(3,4)5/h6-17,22-25,28-29H,1,18-21H2,2-5H3. The first-order chi connectivity index (χ1) is 23.6. The lowest BCUT2D eigenvalue weighted by molar-refractivity contribution is -0.168.